The molecule has 2 nitrogen and oxygen atoms in total. The van der Waals surface area contributed by atoms with Crippen LogP contribution in [0.15, 0.2) is 58.8 Å². The Morgan fingerprint density at radius 2 is 1.79 bits per heavy atom. The van der Waals surface area contributed by atoms with Gasteiger partial charge in [-0.2, -0.15) is 0 Å². The predicted octanol–water partition coefficient (Wildman–Crippen LogP) is 3.79. The van der Waals surface area contributed by atoms with Crippen molar-refractivity contribution in [2.75, 3.05) is 5.73 Å². The minimum Gasteiger partial charge on any atom is -0.399 e. The summed E-state index contributed by atoms with van der Waals surface area (Å²) in [5.41, 5.74) is 7.48. The summed E-state index contributed by atoms with van der Waals surface area (Å²) in [6.07, 6.45) is 0. The van der Waals surface area contributed by atoms with Gasteiger partial charge in [0.2, 0.25) is 0 Å². The first-order chi connectivity index (χ1) is 9.24. The zero-order chi connectivity index (χ0) is 13.2. The van der Waals surface area contributed by atoms with Crippen LogP contribution in [-0.4, -0.2) is 4.21 Å². The van der Waals surface area contributed by atoms with Crippen molar-refractivity contribution in [1.82, 2.24) is 0 Å². The van der Waals surface area contributed by atoms with Crippen LogP contribution in [0.25, 0.3) is 10.1 Å². The fourth-order valence-corrected chi connectivity index (χ4v) is 4.18. The summed E-state index contributed by atoms with van der Waals surface area (Å²) in [6, 6.07) is 15.5. The van der Waals surface area contributed by atoms with Crippen LogP contribution in [-0.2, 0) is 16.6 Å². The molecule has 3 aromatic rings. The number of anilines is 1. The van der Waals surface area contributed by atoms with Crippen molar-refractivity contribution in [3.05, 3.63) is 59.5 Å². The summed E-state index contributed by atoms with van der Waals surface area (Å²) >= 11 is 1.70. The van der Waals surface area contributed by atoms with E-state index in [0.29, 0.717) is 11.4 Å². The topological polar surface area (TPSA) is 43.1 Å². The van der Waals surface area contributed by atoms with Gasteiger partial charge in [0.25, 0.3) is 0 Å². The lowest BCUT2D eigenvalue weighted by molar-refractivity contribution is 0.683. The zero-order valence-corrected chi connectivity index (χ0v) is 11.8. The van der Waals surface area contributed by atoms with Crippen molar-refractivity contribution < 1.29 is 4.21 Å². The van der Waals surface area contributed by atoms with Gasteiger partial charge >= 0.3 is 0 Å². The van der Waals surface area contributed by atoms with Gasteiger partial charge in [0, 0.05) is 15.3 Å². The molecule has 0 saturated heterocycles. The number of rotatable bonds is 3. The summed E-state index contributed by atoms with van der Waals surface area (Å²) in [6.45, 7) is 0. The lowest BCUT2D eigenvalue weighted by atomic mass is 10.2. The second kappa shape index (κ2) is 5.15. The average molecular weight is 287 g/mol. The molecule has 0 aliphatic rings. The Labute approximate surface area is 118 Å². The maximum Gasteiger partial charge on any atom is 0.0574 e. The van der Waals surface area contributed by atoms with E-state index in [-0.39, 0.29) is 0 Å². The Hall–Kier alpha value is -1.65. The molecule has 96 valence electrons. The van der Waals surface area contributed by atoms with Gasteiger partial charge in [-0.15, -0.1) is 11.3 Å². The van der Waals surface area contributed by atoms with Gasteiger partial charge < -0.3 is 5.73 Å². The highest BCUT2D eigenvalue weighted by Gasteiger charge is 2.09. The van der Waals surface area contributed by atoms with Crippen LogP contribution in [0.1, 0.15) is 5.56 Å². The number of hydrogen-bond acceptors (Lipinski definition) is 3. The van der Waals surface area contributed by atoms with E-state index in [1.807, 2.05) is 24.3 Å². The monoisotopic (exact) mass is 287 g/mol. The Bertz CT molecular complexity index is 731. The molecular weight excluding hydrogens is 274 g/mol. The Balaban J connectivity index is 1.89. The largest absolute Gasteiger partial charge is 0.399 e. The van der Waals surface area contributed by atoms with Crippen LogP contribution in [0.4, 0.5) is 5.69 Å². The number of nitrogens with two attached hydrogens (primary N) is 1. The summed E-state index contributed by atoms with van der Waals surface area (Å²) in [5, 5.41) is 3.30. The second-order valence-electron chi connectivity index (χ2n) is 4.32. The lowest BCUT2D eigenvalue weighted by Gasteiger charge is -2.02. The van der Waals surface area contributed by atoms with Gasteiger partial charge in [0.05, 0.1) is 16.6 Å². The SMILES string of the molecule is Nc1ccc(S(=O)Cc2csc3ccccc23)cc1. The predicted molar refractivity (Wildman–Crippen MR) is 82.8 cm³/mol. The van der Waals surface area contributed by atoms with Gasteiger partial charge in [-0.1, -0.05) is 18.2 Å². The van der Waals surface area contributed by atoms with Gasteiger partial charge in [-0.3, -0.25) is 4.21 Å². The van der Waals surface area contributed by atoms with Gasteiger partial charge in [0.15, 0.2) is 0 Å². The molecular formula is C15H13NOS2. The molecule has 3 rings (SSSR count). The molecule has 1 heterocycles. The Morgan fingerprint density at radius 3 is 2.58 bits per heavy atom. The average Bonchev–Trinajstić information content (AvgIpc) is 2.83. The van der Waals surface area contributed by atoms with Crippen LogP contribution in [0, 0.1) is 0 Å². The minimum absolute atomic E-state index is 0.550. The minimum atomic E-state index is -1.03. The quantitative estimate of drug-likeness (QED) is 0.745. The van der Waals surface area contributed by atoms with E-state index in [4.69, 9.17) is 5.73 Å². The van der Waals surface area contributed by atoms with E-state index in [0.717, 1.165) is 10.5 Å². The molecule has 0 spiro atoms. The summed E-state index contributed by atoms with van der Waals surface area (Å²) in [5.74, 6) is 0.550. The summed E-state index contributed by atoms with van der Waals surface area (Å²) in [4.78, 5) is 0.824. The molecule has 0 radical (unpaired) electrons. The van der Waals surface area contributed by atoms with Crippen molar-refractivity contribution in [3.8, 4) is 0 Å². The zero-order valence-electron chi connectivity index (χ0n) is 10.2. The standard InChI is InChI=1S/C15H13NOS2/c16-12-5-7-13(8-6-12)19(17)10-11-9-18-15-4-2-1-3-14(11)15/h1-9H,10,16H2. The summed E-state index contributed by atoms with van der Waals surface area (Å²) < 4.78 is 13.6. The van der Waals surface area contributed by atoms with Crippen molar-refractivity contribution >= 4 is 37.9 Å². The van der Waals surface area contributed by atoms with Gasteiger partial charge in [-0.25, -0.2) is 0 Å². The van der Waals surface area contributed by atoms with Crippen molar-refractivity contribution in [3.63, 3.8) is 0 Å². The molecule has 19 heavy (non-hydrogen) atoms. The number of benzene rings is 2. The molecule has 1 unspecified atom stereocenters. The molecule has 2 aromatic carbocycles. The fourth-order valence-electron chi connectivity index (χ4n) is 1.99. The van der Waals surface area contributed by atoms with Crippen molar-refractivity contribution in [2.45, 2.75) is 10.6 Å². The highest BCUT2D eigenvalue weighted by molar-refractivity contribution is 7.84. The van der Waals surface area contributed by atoms with Crippen LogP contribution >= 0.6 is 11.3 Å². The fraction of sp³-hybridized carbons (Fsp3) is 0.0667. The first-order valence-corrected chi connectivity index (χ1v) is 8.13. The molecule has 0 saturated carbocycles. The third-order valence-electron chi connectivity index (χ3n) is 2.99. The molecule has 4 heteroatoms. The molecule has 0 amide bonds. The van der Waals surface area contributed by atoms with Crippen LogP contribution in [0.5, 0.6) is 0 Å². The van der Waals surface area contributed by atoms with E-state index in [1.165, 1.54) is 10.1 Å². The number of fused-ring (bicyclic) bond motifs is 1. The van der Waals surface area contributed by atoms with E-state index < -0.39 is 10.8 Å². The molecule has 0 fully saturated rings. The Morgan fingerprint density at radius 1 is 1.05 bits per heavy atom. The maximum atomic E-state index is 12.3. The molecule has 2 N–H and O–H groups in total. The van der Waals surface area contributed by atoms with Gasteiger partial charge in [-0.05, 0) is 46.7 Å². The third kappa shape index (κ3) is 2.55. The molecule has 0 bridgehead atoms. The normalized spacial score (nSPS) is 12.6. The van der Waals surface area contributed by atoms with Gasteiger partial charge in [0.1, 0.15) is 0 Å². The van der Waals surface area contributed by atoms with E-state index in [1.54, 1.807) is 23.5 Å². The molecule has 1 aromatic heterocycles. The number of hydrogen-bond donors (Lipinski definition) is 1. The van der Waals surface area contributed by atoms with Crippen molar-refractivity contribution in [2.24, 2.45) is 0 Å². The van der Waals surface area contributed by atoms with E-state index in [2.05, 4.69) is 17.5 Å². The maximum absolute atomic E-state index is 12.3. The molecule has 0 aliphatic carbocycles. The molecule has 0 aliphatic heterocycles. The first-order valence-electron chi connectivity index (χ1n) is 5.93. The van der Waals surface area contributed by atoms with E-state index in [9.17, 15) is 4.21 Å². The second-order valence-corrected chi connectivity index (χ2v) is 6.68. The Kier molecular flexibility index (Phi) is 3.36. The molecule has 1 atom stereocenters. The van der Waals surface area contributed by atoms with Crippen LogP contribution in [0.3, 0.4) is 0 Å². The van der Waals surface area contributed by atoms with Crippen LogP contribution in [0.2, 0.25) is 0 Å². The third-order valence-corrected chi connectivity index (χ3v) is 5.37. The highest BCUT2D eigenvalue weighted by Crippen LogP contribution is 2.27. The van der Waals surface area contributed by atoms with E-state index >= 15 is 0 Å². The number of nitrogen functional groups attached to an aromatic ring is 1. The lowest BCUT2D eigenvalue weighted by Crippen LogP contribution is -1.96. The highest BCUT2D eigenvalue weighted by atomic mass is 32.2. The van der Waals surface area contributed by atoms with Crippen molar-refractivity contribution in [1.29, 1.82) is 0 Å². The first kappa shape index (κ1) is 12.4. The smallest absolute Gasteiger partial charge is 0.0574 e. The number of thiophene rings is 1. The summed E-state index contributed by atoms with van der Waals surface area (Å²) in [7, 11) is -1.03. The van der Waals surface area contributed by atoms with Crippen LogP contribution < -0.4 is 5.73 Å².